The Morgan fingerprint density at radius 1 is 0.972 bits per heavy atom. The summed E-state index contributed by atoms with van der Waals surface area (Å²) in [6.45, 7) is 10.8. The molecule has 184 valence electrons. The highest BCUT2D eigenvalue weighted by Crippen LogP contribution is 2.44. The minimum absolute atomic E-state index is 0.0586. The number of hydrogen-bond donors (Lipinski definition) is 1. The van der Waals surface area contributed by atoms with Crippen LogP contribution in [0.1, 0.15) is 65.6 Å². The normalized spacial score (nSPS) is 17.6. The summed E-state index contributed by atoms with van der Waals surface area (Å²) in [5, 5.41) is 5.06. The van der Waals surface area contributed by atoms with E-state index >= 15 is 0 Å². The zero-order valence-electron chi connectivity index (χ0n) is 21.3. The van der Waals surface area contributed by atoms with Crippen LogP contribution in [0.25, 0.3) is 5.69 Å². The molecule has 1 N–H and O–H groups in total. The summed E-state index contributed by atoms with van der Waals surface area (Å²) in [6, 6.07) is 23.0. The molecule has 0 radical (unpaired) electrons. The van der Waals surface area contributed by atoms with Gasteiger partial charge in [-0.3, -0.25) is 4.98 Å². The second-order valence-corrected chi connectivity index (χ2v) is 10.6. The first-order chi connectivity index (χ1) is 17.3. The van der Waals surface area contributed by atoms with E-state index in [2.05, 4.69) is 91.9 Å². The molecule has 4 nitrogen and oxygen atoms in total. The van der Waals surface area contributed by atoms with E-state index in [-0.39, 0.29) is 12.1 Å². The lowest BCUT2D eigenvalue weighted by Gasteiger charge is -2.28. The summed E-state index contributed by atoms with van der Waals surface area (Å²) in [6.07, 6.45) is 1.84. The first kappa shape index (κ1) is 24.5. The Balaban J connectivity index is 1.68. The molecule has 0 aliphatic carbocycles. The Hall–Kier alpha value is -3.15. The maximum Gasteiger partial charge on any atom is 0.174 e. The average Bonchev–Trinajstić information content (AvgIpc) is 3.36. The number of aryl methyl sites for hydroxylation is 1. The van der Waals surface area contributed by atoms with Gasteiger partial charge in [0.2, 0.25) is 0 Å². The molecular formula is C30H31ClN4S. The number of nitrogens with zero attached hydrogens (tertiary/aromatic N) is 3. The van der Waals surface area contributed by atoms with Crippen LogP contribution in [-0.4, -0.2) is 14.7 Å². The molecular weight excluding hydrogens is 484 g/mol. The number of anilines is 1. The molecule has 3 heterocycles. The summed E-state index contributed by atoms with van der Waals surface area (Å²) in [7, 11) is 0. The molecule has 0 spiro atoms. The second-order valence-electron chi connectivity index (χ2n) is 9.79. The van der Waals surface area contributed by atoms with Crippen molar-refractivity contribution in [3.63, 3.8) is 0 Å². The SMILES string of the molecule is Cc1c(Cl)cccc1-n1c(C)cc(C2C(c3ccccn3)NC(=S)N2c2ccc(C(C)C)cc2)c1C. The van der Waals surface area contributed by atoms with Crippen LogP contribution in [0.2, 0.25) is 5.02 Å². The fourth-order valence-electron chi connectivity index (χ4n) is 5.26. The Kier molecular flexibility index (Phi) is 6.62. The number of pyridine rings is 1. The number of halogens is 1. The average molecular weight is 515 g/mol. The molecule has 0 saturated carbocycles. The van der Waals surface area contributed by atoms with Gasteiger partial charge in [0.1, 0.15) is 0 Å². The van der Waals surface area contributed by atoms with Crippen LogP contribution in [0.3, 0.4) is 0 Å². The number of benzene rings is 2. The Bertz CT molecular complexity index is 1410. The van der Waals surface area contributed by atoms with Gasteiger partial charge in [0, 0.05) is 34.0 Å². The van der Waals surface area contributed by atoms with Crippen LogP contribution in [0.4, 0.5) is 5.69 Å². The third kappa shape index (κ3) is 4.21. The van der Waals surface area contributed by atoms with Crippen molar-refractivity contribution in [2.24, 2.45) is 0 Å². The third-order valence-electron chi connectivity index (χ3n) is 7.20. The van der Waals surface area contributed by atoms with Crippen molar-refractivity contribution in [1.29, 1.82) is 0 Å². The van der Waals surface area contributed by atoms with Crippen molar-refractivity contribution in [1.82, 2.24) is 14.9 Å². The van der Waals surface area contributed by atoms with Crippen LogP contribution in [0, 0.1) is 20.8 Å². The summed E-state index contributed by atoms with van der Waals surface area (Å²) in [5.41, 5.74) is 9.04. The highest BCUT2D eigenvalue weighted by atomic mass is 35.5. The van der Waals surface area contributed by atoms with Crippen LogP contribution >= 0.6 is 23.8 Å². The van der Waals surface area contributed by atoms with Gasteiger partial charge in [-0.1, -0.05) is 49.7 Å². The van der Waals surface area contributed by atoms with Crippen molar-refractivity contribution in [2.75, 3.05) is 4.90 Å². The van der Waals surface area contributed by atoms with Gasteiger partial charge in [0.25, 0.3) is 0 Å². The van der Waals surface area contributed by atoms with Gasteiger partial charge >= 0.3 is 0 Å². The predicted octanol–water partition coefficient (Wildman–Crippen LogP) is 7.75. The molecule has 2 aromatic carbocycles. The number of thiocarbonyl (C=S) groups is 1. The number of hydrogen-bond acceptors (Lipinski definition) is 2. The van der Waals surface area contributed by atoms with Crippen molar-refractivity contribution in [3.05, 3.63) is 112 Å². The van der Waals surface area contributed by atoms with Crippen LogP contribution in [0.15, 0.2) is 72.9 Å². The van der Waals surface area contributed by atoms with Gasteiger partial charge in [-0.25, -0.2) is 0 Å². The van der Waals surface area contributed by atoms with Gasteiger partial charge < -0.3 is 14.8 Å². The number of aromatic nitrogens is 2. The van der Waals surface area contributed by atoms with Gasteiger partial charge in [-0.2, -0.15) is 0 Å². The molecule has 2 unspecified atom stereocenters. The standard InChI is InChI=1S/C30H31ClN4S/c1-18(2)22-12-14-23(15-13-22)35-29(28(33-30(35)36)26-10-6-7-16-32-26)24-17-19(3)34(21(24)5)27-11-8-9-25(31)20(27)4/h6-18,28-29H,1-5H3,(H,33,36). The molecule has 5 rings (SSSR count). The van der Waals surface area contributed by atoms with Gasteiger partial charge in [-0.05, 0) is 98.1 Å². The summed E-state index contributed by atoms with van der Waals surface area (Å²) in [4.78, 5) is 6.95. The van der Waals surface area contributed by atoms with E-state index in [9.17, 15) is 0 Å². The Morgan fingerprint density at radius 3 is 2.39 bits per heavy atom. The third-order valence-corrected chi connectivity index (χ3v) is 7.93. The summed E-state index contributed by atoms with van der Waals surface area (Å²) in [5.74, 6) is 0.472. The molecule has 1 saturated heterocycles. The quantitative estimate of drug-likeness (QED) is 0.276. The Labute approximate surface area is 223 Å². The van der Waals surface area contributed by atoms with E-state index in [1.54, 1.807) is 0 Å². The number of rotatable bonds is 5. The van der Waals surface area contributed by atoms with E-state index in [0.717, 1.165) is 33.3 Å². The zero-order valence-corrected chi connectivity index (χ0v) is 22.9. The summed E-state index contributed by atoms with van der Waals surface area (Å²) >= 11 is 12.4. The lowest BCUT2D eigenvalue weighted by molar-refractivity contribution is 0.565. The molecule has 4 aromatic rings. The topological polar surface area (TPSA) is 33.1 Å². The van der Waals surface area contributed by atoms with E-state index in [1.165, 1.54) is 16.8 Å². The van der Waals surface area contributed by atoms with Gasteiger partial charge in [0.15, 0.2) is 5.11 Å². The fourth-order valence-corrected chi connectivity index (χ4v) is 5.78. The van der Waals surface area contributed by atoms with Crippen molar-refractivity contribution >= 4 is 34.6 Å². The van der Waals surface area contributed by atoms with Crippen molar-refractivity contribution < 1.29 is 0 Å². The first-order valence-corrected chi connectivity index (χ1v) is 13.1. The molecule has 0 bridgehead atoms. The maximum atomic E-state index is 6.51. The van der Waals surface area contributed by atoms with E-state index < -0.39 is 0 Å². The zero-order chi connectivity index (χ0) is 25.6. The molecule has 0 amide bonds. The summed E-state index contributed by atoms with van der Waals surface area (Å²) < 4.78 is 2.30. The molecule has 6 heteroatoms. The maximum absolute atomic E-state index is 6.51. The Morgan fingerprint density at radius 2 is 1.72 bits per heavy atom. The van der Waals surface area contributed by atoms with Crippen molar-refractivity contribution in [3.8, 4) is 5.69 Å². The molecule has 36 heavy (non-hydrogen) atoms. The molecule has 2 atom stereocenters. The molecule has 2 aromatic heterocycles. The minimum atomic E-state index is -0.0853. The highest BCUT2D eigenvalue weighted by Gasteiger charge is 2.42. The predicted molar refractivity (Wildman–Crippen MR) is 153 cm³/mol. The van der Waals surface area contributed by atoms with Crippen LogP contribution in [0.5, 0.6) is 0 Å². The number of nitrogens with one attached hydrogen (secondary N) is 1. The highest BCUT2D eigenvalue weighted by molar-refractivity contribution is 7.80. The fraction of sp³-hybridized carbons (Fsp3) is 0.267. The molecule has 1 aliphatic rings. The molecule has 1 fully saturated rings. The van der Waals surface area contributed by atoms with Crippen LogP contribution in [-0.2, 0) is 0 Å². The largest absolute Gasteiger partial charge is 0.351 e. The second kappa shape index (κ2) is 9.72. The lowest BCUT2D eigenvalue weighted by Crippen LogP contribution is -2.29. The lowest BCUT2D eigenvalue weighted by atomic mass is 9.96. The van der Waals surface area contributed by atoms with Gasteiger partial charge in [-0.15, -0.1) is 0 Å². The van der Waals surface area contributed by atoms with E-state index in [4.69, 9.17) is 28.8 Å². The molecule has 1 aliphatic heterocycles. The smallest absolute Gasteiger partial charge is 0.174 e. The first-order valence-electron chi connectivity index (χ1n) is 12.3. The van der Waals surface area contributed by atoms with Crippen LogP contribution < -0.4 is 10.2 Å². The minimum Gasteiger partial charge on any atom is -0.351 e. The van der Waals surface area contributed by atoms with Gasteiger partial charge in [0.05, 0.1) is 17.8 Å². The van der Waals surface area contributed by atoms with E-state index in [1.807, 2.05) is 30.5 Å². The van der Waals surface area contributed by atoms with E-state index in [0.29, 0.717) is 11.0 Å². The monoisotopic (exact) mass is 514 g/mol. The van der Waals surface area contributed by atoms with Crippen molar-refractivity contribution in [2.45, 2.75) is 52.6 Å².